The van der Waals surface area contributed by atoms with Gasteiger partial charge < -0.3 is 14.8 Å². The van der Waals surface area contributed by atoms with Crippen LogP contribution in [0.25, 0.3) is 11.4 Å². The quantitative estimate of drug-likeness (QED) is 0.514. The van der Waals surface area contributed by atoms with E-state index in [1.165, 1.54) is 16.4 Å². The maximum atomic E-state index is 12.1. The molecular formula is C16H20N6O3S. The molecule has 1 amide bonds. The predicted molar refractivity (Wildman–Crippen MR) is 97.2 cm³/mol. The lowest BCUT2D eigenvalue weighted by Gasteiger charge is -2.12. The van der Waals surface area contributed by atoms with Crippen LogP contribution in [-0.2, 0) is 10.2 Å². The number of nitrogens with zero attached hydrogens (tertiary/aromatic N) is 4. The van der Waals surface area contributed by atoms with Crippen molar-refractivity contribution in [2.24, 2.45) is 0 Å². The summed E-state index contributed by atoms with van der Waals surface area (Å²) in [5.41, 5.74) is 1.37. The van der Waals surface area contributed by atoms with Crippen molar-refractivity contribution >= 4 is 23.6 Å². The normalized spacial score (nSPS) is 11.7. The molecule has 0 aromatic carbocycles. The molecule has 10 heteroatoms. The SMILES string of the molecule is Cc1occc1-c1nnc(SCC(=O)Nc2cc(C(C)(C)C)no2)n1N. The smallest absolute Gasteiger partial charge is 0.237 e. The zero-order chi connectivity index (χ0) is 18.9. The summed E-state index contributed by atoms with van der Waals surface area (Å²) in [6.07, 6.45) is 1.56. The molecule has 0 fully saturated rings. The molecule has 0 atom stereocenters. The van der Waals surface area contributed by atoms with Gasteiger partial charge in [-0.2, -0.15) is 0 Å². The zero-order valence-electron chi connectivity index (χ0n) is 14.9. The van der Waals surface area contributed by atoms with Crippen LogP contribution in [0.4, 0.5) is 5.88 Å². The van der Waals surface area contributed by atoms with Gasteiger partial charge in [-0.3, -0.25) is 10.1 Å². The standard InChI is InChI=1S/C16H20N6O3S/c1-9-10(5-6-24-9)14-19-20-15(22(14)17)26-8-12(23)18-13-7-11(21-25-13)16(2,3)4/h5-7H,8,17H2,1-4H3,(H,18,23). The fourth-order valence-corrected chi connectivity index (χ4v) is 2.82. The summed E-state index contributed by atoms with van der Waals surface area (Å²) in [5, 5.41) is 15.1. The van der Waals surface area contributed by atoms with Gasteiger partial charge in [0.2, 0.25) is 16.9 Å². The van der Waals surface area contributed by atoms with Gasteiger partial charge in [-0.05, 0) is 13.0 Å². The molecule has 26 heavy (non-hydrogen) atoms. The number of aromatic nitrogens is 4. The summed E-state index contributed by atoms with van der Waals surface area (Å²) in [4.78, 5) is 12.1. The first-order valence-corrected chi connectivity index (χ1v) is 8.89. The lowest BCUT2D eigenvalue weighted by atomic mass is 9.92. The third-order valence-electron chi connectivity index (χ3n) is 3.64. The van der Waals surface area contributed by atoms with E-state index in [2.05, 4.69) is 20.7 Å². The van der Waals surface area contributed by atoms with Crippen molar-refractivity contribution in [3.05, 3.63) is 29.9 Å². The van der Waals surface area contributed by atoms with Crippen LogP contribution in [0.5, 0.6) is 0 Å². The first-order chi connectivity index (χ1) is 12.3. The summed E-state index contributed by atoms with van der Waals surface area (Å²) in [7, 11) is 0. The molecule has 0 radical (unpaired) electrons. The number of aryl methyl sites for hydroxylation is 1. The van der Waals surface area contributed by atoms with E-state index >= 15 is 0 Å². The summed E-state index contributed by atoms with van der Waals surface area (Å²) in [6.45, 7) is 7.85. The lowest BCUT2D eigenvalue weighted by molar-refractivity contribution is -0.113. The van der Waals surface area contributed by atoms with Crippen molar-refractivity contribution in [2.45, 2.75) is 38.3 Å². The van der Waals surface area contributed by atoms with Gasteiger partial charge in [0.25, 0.3) is 0 Å². The van der Waals surface area contributed by atoms with Crippen molar-refractivity contribution in [2.75, 3.05) is 16.9 Å². The fourth-order valence-electron chi connectivity index (χ4n) is 2.17. The molecule has 9 nitrogen and oxygen atoms in total. The minimum atomic E-state index is -0.254. The van der Waals surface area contributed by atoms with Crippen LogP contribution in [0, 0.1) is 6.92 Å². The van der Waals surface area contributed by atoms with Gasteiger partial charge in [-0.15, -0.1) is 10.2 Å². The van der Waals surface area contributed by atoms with Gasteiger partial charge >= 0.3 is 0 Å². The minimum absolute atomic E-state index is 0.102. The number of rotatable bonds is 5. The second-order valence-corrected chi connectivity index (χ2v) is 7.67. The molecular weight excluding hydrogens is 356 g/mol. The highest BCUT2D eigenvalue weighted by Crippen LogP contribution is 2.26. The monoisotopic (exact) mass is 376 g/mol. The third kappa shape index (κ3) is 3.74. The van der Waals surface area contributed by atoms with E-state index in [1.807, 2.05) is 27.7 Å². The second-order valence-electron chi connectivity index (χ2n) is 6.73. The molecule has 0 aliphatic carbocycles. The number of hydrogen-bond acceptors (Lipinski definition) is 8. The lowest BCUT2D eigenvalue weighted by Crippen LogP contribution is -2.16. The summed E-state index contributed by atoms with van der Waals surface area (Å²) in [6, 6.07) is 3.48. The van der Waals surface area contributed by atoms with Crippen molar-refractivity contribution in [3.63, 3.8) is 0 Å². The molecule has 0 saturated heterocycles. The summed E-state index contributed by atoms with van der Waals surface area (Å²) >= 11 is 1.17. The van der Waals surface area contributed by atoms with E-state index in [9.17, 15) is 4.79 Å². The topological polar surface area (TPSA) is 125 Å². The van der Waals surface area contributed by atoms with E-state index in [0.717, 1.165) is 11.3 Å². The Labute approximate surface area is 154 Å². The molecule has 0 saturated carbocycles. The van der Waals surface area contributed by atoms with E-state index in [4.69, 9.17) is 14.8 Å². The fraction of sp³-hybridized carbons (Fsp3) is 0.375. The first-order valence-electron chi connectivity index (χ1n) is 7.90. The van der Waals surface area contributed by atoms with Gasteiger partial charge in [0, 0.05) is 11.5 Å². The Hall–Kier alpha value is -2.75. The molecule has 3 N–H and O–H groups in total. The van der Waals surface area contributed by atoms with E-state index in [0.29, 0.717) is 22.6 Å². The highest BCUT2D eigenvalue weighted by atomic mass is 32.2. The van der Waals surface area contributed by atoms with Crippen LogP contribution < -0.4 is 11.2 Å². The van der Waals surface area contributed by atoms with Gasteiger partial charge in [0.15, 0.2) is 5.82 Å². The molecule has 0 bridgehead atoms. The van der Waals surface area contributed by atoms with Crippen molar-refractivity contribution in [1.29, 1.82) is 0 Å². The molecule has 0 spiro atoms. The zero-order valence-corrected chi connectivity index (χ0v) is 15.8. The van der Waals surface area contributed by atoms with Crippen LogP contribution in [-0.4, -0.2) is 31.7 Å². The van der Waals surface area contributed by atoms with Gasteiger partial charge in [-0.1, -0.05) is 37.7 Å². The van der Waals surface area contributed by atoms with Crippen LogP contribution in [0.1, 0.15) is 32.2 Å². The number of furan rings is 1. The Morgan fingerprint density at radius 1 is 1.38 bits per heavy atom. The number of carbonyl (C=O) groups excluding carboxylic acids is 1. The summed E-state index contributed by atoms with van der Waals surface area (Å²) < 4.78 is 11.7. The number of hydrogen-bond donors (Lipinski definition) is 2. The summed E-state index contributed by atoms with van der Waals surface area (Å²) in [5.74, 6) is 7.35. The number of carbonyl (C=O) groups is 1. The molecule has 3 aromatic rings. The Morgan fingerprint density at radius 3 is 2.77 bits per heavy atom. The Balaban J connectivity index is 1.61. The number of anilines is 1. The van der Waals surface area contributed by atoms with Crippen LogP contribution in [0.2, 0.25) is 0 Å². The Morgan fingerprint density at radius 2 is 2.15 bits per heavy atom. The third-order valence-corrected chi connectivity index (χ3v) is 4.58. The van der Waals surface area contributed by atoms with Gasteiger partial charge in [0.05, 0.1) is 23.3 Å². The number of thioether (sulfide) groups is 1. The van der Waals surface area contributed by atoms with E-state index in [-0.39, 0.29) is 17.1 Å². The van der Waals surface area contributed by atoms with Crippen LogP contribution in [0.3, 0.4) is 0 Å². The number of nitrogens with one attached hydrogen (secondary N) is 1. The Bertz CT molecular complexity index is 921. The van der Waals surface area contributed by atoms with Crippen molar-refractivity contribution in [1.82, 2.24) is 20.0 Å². The first kappa shape index (κ1) is 18.1. The molecule has 0 aliphatic heterocycles. The largest absolute Gasteiger partial charge is 0.469 e. The van der Waals surface area contributed by atoms with E-state index in [1.54, 1.807) is 18.4 Å². The average Bonchev–Trinajstić information content (AvgIpc) is 3.26. The highest BCUT2D eigenvalue weighted by molar-refractivity contribution is 7.99. The van der Waals surface area contributed by atoms with Crippen LogP contribution >= 0.6 is 11.8 Å². The minimum Gasteiger partial charge on any atom is -0.469 e. The number of nitrogen functional groups attached to an aromatic ring is 1. The van der Waals surface area contributed by atoms with Gasteiger partial charge in [-0.25, -0.2) is 4.68 Å². The molecule has 138 valence electrons. The Kier molecular flexibility index (Phi) is 4.77. The number of nitrogens with two attached hydrogens (primary N) is 1. The molecule has 3 rings (SSSR count). The average molecular weight is 376 g/mol. The predicted octanol–water partition coefficient (Wildman–Crippen LogP) is 2.58. The van der Waals surface area contributed by atoms with E-state index < -0.39 is 0 Å². The van der Waals surface area contributed by atoms with Gasteiger partial charge in [0.1, 0.15) is 5.76 Å². The maximum absolute atomic E-state index is 12.1. The molecule has 3 aromatic heterocycles. The molecule has 0 aliphatic rings. The molecule has 3 heterocycles. The maximum Gasteiger partial charge on any atom is 0.237 e. The van der Waals surface area contributed by atoms with Crippen LogP contribution in [0.15, 0.2) is 32.5 Å². The number of amides is 1. The highest BCUT2D eigenvalue weighted by Gasteiger charge is 2.20. The van der Waals surface area contributed by atoms with Crippen molar-refractivity contribution in [3.8, 4) is 11.4 Å². The molecule has 0 unspecified atom stereocenters. The second kappa shape index (κ2) is 6.87. The van der Waals surface area contributed by atoms with Crippen molar-refractivity contribution < 1.29 is 13.7 Å².